The van der Waals surface area contributed by atoms with Crippen LogP contribution < -0.4 is 5.73 Å². The summed E-state index contributed by atoms with van der Waals surface area (Å²) in [6.07, 6.45) is 2.75. The van der Waals surface area contributed by atoms with Gasteiger partial charge in [0.1, 0.15) is 17.2 Å². The number of aliphatic imine (C=N–C) groups is 1. The highest BCUT2D eigenvalue weighted by atomic mass is 19.1. The van der Waals surface area contributed by atoms with Crippen molar-refractivity contribution >= 4 is 11.9 Å². The van der Waals surface area contributed by atoms with E-state index in [-0.39, 0.29) is 17.7 Å². The molecule has 0 aromatic heterocycles. The fourth-order valence-corrected chi connectivity index (χ4v) is 3.11. The molecule has 0 bridgehead atoms. The number of rotatable bonds is 2. The van der Waals surface area contributed by atoms with Crippen LogP contribution in [0.15, 0.2) is 35.8 Å². The number of amides is 2. The Morgan fingerprint density at radius 2 is 2.37 bits per heavy atom. The average Bonchev–Trinajstić information content (AvgIpc) is 2.87. The number of amidine groups is 1. The second-order valence-electron chi connectivity index (χ2n) is 4.81. The lowest BCUT2D eigenvalue weighted by molar-refractivity contribution is 0.180. The molecule has 1 spiro atoms. The predicted molar refractivity (Wildman–Crippen MR) is 70.3 cm³/mol. The van der Waals surface area contributed by atoms with Crippen LogP contribution in [0.25, 0.3) is 0 Å². The summed E-state index contributed by atoms with van der Waals surface area (Å²) in [6.45, 7) is 4.00. The number of nitrogens with two attached hydrogens (primary N) is 1. The van der Waals surface area contributed by atoms with Gasteiger partial charge in [0.2, 0.25) is 0 Å². The number of fused-ring (bicyclic) bond motifs is 2. The summed E-state index contributed by atoms with van der Waals surface area (Å²) in [5.74, 6) is 0.00350. The number of carbonyl (C=O) groups is 1. The Morgan fingerprint density at radius 1 is 1.58 bits per heavy atom. The fraction of sp³-hybridized carbons (Fsp3) is 0.286. The Morgan fingerprint density at radius 3 is 3.11 bits per heavy atom. The Balaban J connectivity index is 2.20. The zero-order valence-electron chi connectivity index (χ0n) is 10.4. The molecule has 1 aromatic carbocycles. The number of carbonyl (C=O) groups excluding carboxylic acids is 1. The largest absolute Gasteiger partial charge is 0.385 e. The second-order valence-corrected chi connectivity index (χ2v) is 4.81. The molecule has 0 saturated carbocycles. The number of urea groups is 1. The molecule has 1 aliphatic carbocycles. The lowest BCUT2D eigenvalue weighted by Gasteiger charge is -2.34. The maximum atomic E-state index is 13.9. The van der Waals surface area contributed by atoms with Crippen LogP contribution in [0, 0.1) is 5.82 Å². The van der Waals surface area contributed by atoms with Crippen molar-refractivity contribution < 1.29 is 9.18 Å². The molecule has 0 radical (unpaired) electrons. The molecule has 98 valence electrons. The monoisotopic (exact) mass is 259 g/mol. The molecule has 1 atom stereocenters. The van der Waals surface area contributed by atoms with Crippen molar-refractivity contribution in [1.82, 2.24) is 4.90 Å². The van der Waals surface area contributed by atoms with Crippen LogP contribution in [0.2, 0.25) is 0 Å². The van der Waals surface area contributed by atoms with Gasteiger partial charge in [0.15, 0.2) is 0 Å². The van der Waals surface area contributed by atoms with E-state index in [9.17, 15) is 9.18 Å². The van der Waals surface area contributed by atoms with Gasteiger partial charge < -0.3 is 10.6 Å². The van der Waals surface area contributed by atoms with E-state index in [2.05, 4.69) is 11.6 Å². The van der Waals surface area contributed by atoms with Crippen molar-refractivity contribution in [2.24, 2.45) is 10.7 Å². The molecule has 1 unspecified atom stereocenters. The second kappa shape index (κ2) is 3.91. The van der Waals surface area contributed by atoms with E-state index in [0.29, 0.717) is 24.9 Å². The molecule has 1 aromatic rings. The van der Waals surface area contributed by atoms with E-state index >= 15 is 0 Å². The van der Waals surface area contributed by atoms with Gasteiger partial charge in [0.05, 0.1) is 0 Å². The number of hydrogen-bond donors (Lipinski definition) is 1. The normalized spacial score (nSPS) is 24.8. The van der Waals surface area contributed by atoms with Gasteiger partial charge in [-0.3, -0.25) is 0 Å². The smallest absolute Gasteiger partial charge is 0.346 e. The number of hydrogen-bond acceptors (Lipinski definition) is 2. The molecular weight excluding hydrogens is 245 g/mol. The zero-order chi connectivity index (χ0) is 13.6. The molecule has 4 nitrogen and oxygen atoms in total. The van der Waals surface area contributed by atoms with Crippen LogP contribution >= 0.6 is 0 Å². The number of halogens is 1. The molecule has 3 rings (SSSR count). The first-order valence-electron chi connectivity index (χ1n) is 6.16. The van der Waals surface area contributed by atoms with Crippen LogP contribution in [0.5, 0.6) is 0 Å². The number of nitrogens with zero attached hydrogens (tertiary/aromatic N) is 2. The van der Waals surface area contributed by atoms with Gasteiger partial charge in [-0.2, -0.15) is 4.99 Å². The van der Waals surface area contributed by atoms with Crippen LogP contribution in [-0.4, -0.2) is 23.3 Å². The minimum absolute atomic E-state index is 0.250. The molecule has 1 heterocycles. The topological polar surface area (TPSA) is 58.7 Å². The van der Waals surface area contributed by atoms with Crippen LogP contribution in [-0.2, 0) is 12.0 Å². The van der Waals surface area contributed by atoms with Crippen LogP contribution in [0.3, 0.4) is 0 Å². The van der Waals surface area contributed by atoms with E-state index in [1.165, 1.54) is 6.07 Å². The van der Waals surface area contributed by atoms with Gasteiger partial charge in [0.25, 0.3) is 0 Å². The predicted octanol–water partition coefficient (Wildman–Crippen LogP) is 1.95. The lowest BCUT2D eigenvalue weighted by Crippen LogP contribution is -2.50. The summed E-state index contributed by atoms with van der Waals surface area (Å²) >= 11 is 0. The van der Waals surface area contributed by atoms with E-state index in [1.807, 2.05) is 6.07 Å². The summed E-state index contributed by atoms with van der Waals surface area (Å²) in [5.41, 5.74) is 6.57. The van der Waals surface area contributed by atoms with Gasteiger partial charge in [0, 0.05) is 6.54 Å². The zero-order valence-corrected chi connectivity index (χ0v) is 10.4. The van der Waals surface area contributed by atoms with E-state index in [4.69, 9.17) is 5.73 Å². The summed E-state index contributed by atoms with van der Waals surface area (Å²) in [4.78, 5) is 17.4. The maximum absolute atomic E-state index is 13.9. The first-order chi connectivity index (χ1) is 9.11. The Labute approximate surface area is 110 Å². The van der Waals surface area contributed by atoms with Crippen molar-refractivity contribution in [3.63, 3.8) is 0 Å². The molecule has 0 saturated heterocycles. The minimum Gasteiger partial charge on any atom is -0.385 e. The van der Waals surface area contributed by atoms with Crippen LogP contribution in [0.1, 0.15) is 17.5 Å². The van der Waals surface area contributed by atoms with Gasteiger partial charge in [-0.1, -0.05) is 18.2 Å². The van der Waals surface area contributed by atoms with Gasteiger partial charge in [-0.15, -0.1) is 6.58 Å². The third-order valence-electron chi connectivity index (χ3n) is 3.94. The Bertz CT molecular complexity index is 611. The maximum Gasteiger partial charge on any atom is 0.346 e. The SMILES string of the molecule is C=CCN1C(=O)N=C(N)C12CCc1c(F)cccc12. The van der Waals surface area contributed by atoms with Crippen molar-refractivity contribution in [2.45, 2.75) is 18.4 Å². The van der Waals surface area contributed by atoms with Gasteiger partial charge in [-0.05, 0) is 30.0 Å². The van der Waals surface area contributed by atoms with Crippen molar-refractivity contribution in [2.75, 3.05) is 6.54 Å². The molecule has 0 fully saturated rings. The molecule has 5 heteroatoms. The summed E-state index contributed by atoms with van der Waals surface area (Å²) in [6, 6.07) is 4.51. The first kappa shape index (κ1) is 11.9. The van der Waals surface area contributed by atoms with Gasteiger partial charge in [-0.25, -0.2) is 9.18 Å². The molecular formula is C14H14FN3O. The molecule has 2 aliphatic rings. The molecule has 1 aliphatic heterocycles. The van der Waals surface area contributed by atoms with E-state index in [0.717, 1.165) is 5.56 Å². The lowest BCUT2D eigenvalue weighted by atomic mass is 9.89. The highest BCUT2D eigenvalue weighted by molar-refractivity contribution is 6.07. The molecule has 19 heavy (non-hydrogen) atoms. The van der Waals surface area contributed by atoms with Crippen molar-refractivity contribution in [3.8, 4) is 0 Å². The number of benzene rings is 1. The minimum atomic E-state index is -0.789. The van der Waals surface area contributed by atoms with E-state index in [1.54, 1.807) is 17.0 Å². The Hall–Kier alpha value is -2.17. The highest BCUT2D eigenvalue weighted by Crippen LogP contribution is 2.45. The molecule has 2 N–H and O–H groups in total. The first-order valence-corrected chi connectivity index (χ1v) is 6.16. The highest BCUT2D eigenvalue weighted by Gasteiger charge is 2.53. The quantitative estimate of drug-likeness (QED) is 0.825. The van der Waals surface area contributed by atoms with Gasteiger partial charge >= 0.3 is 6.03 Å². The average molecular weight is 259 g/mol. The third-order valence-corrected chi connectivity index (χ3v) is 3.94. The van der Waals surface area contributed by atoms with Crippen molar-refractivity contribution in [3.05, 3.63) is 47.8 Å². The molecule has 2 amide bonds. The summed E-state index contributed by atoms with van der Waals surface area (Å²) in [5, 5.41) is 0. The van der Waals surface area contributed by atoms with Crippen LogP contribution in [0.4, 0.5) is 9.18 Å². The third kappa shape index (κ3) is 1.38. The Kier molecular flexibility index (Phi) is 2.45. The van der Waals surface area contributed by atoms with E-state index < -0.39 is 5.54 Å². The van der Waals surface area contributed by atoms with Crippen molar-refractivity contribution in [1.29, 1.82) is 0 Å². The standard InChI is InChI=1S/C14H14FN3O/c1-2-8-18-13(19)17-12(16)14(18)7-6-9-10(14)4-3-5-11(9)15/h2-5H,1,6-8H2,(H2,16,17,19). The fourth-order valence-electron chi connectivity index (χ4n) is 3.11. The summed E-state index contributed by atoms with van der Waals surface area (Å²) < 4.78 is 13.9. The summed E-state index contributed by atoms with van der Waals surface area (Å²) in [7, 11) is 0.